The molecule has 2 rings (SSSR count). The van der Waals surface area contributed by atoms with Gasteiger partial charge in [-0.25, -0.2) is 4.68 Å². The van der Waals surface area contributed by atoms with Gasteiger partial charge in [-0.15, -0.1) is 0 Å². The molecule has 7 nitrogen and oxygen atoms in total. The fourth-order valence-corrected chi connectivity index (χ4v) is 2.38. The van der Waals surface area contributed by atoms with Crippen LogP contribution in [0.3, 0.4) is 0 Å². The van der Waals surface area contributed by atoms with Gasteiger partial charge in [0, 0.05) is 32.1 Å². The number of nitrogens with zero attached hydrogens (tertiary/aromatic N) is 3. The molecule has 7 heteroatoms. The largest absolute Gasteiger partial charge is 0.481 e. The highest BCUT2D eigenvalue weighted by atomic mass is 16.5. The predicted octanol–water partition coefficient (Wildman–Crippen LogP) is 0.723. The van der Waals surface area contributed by atoms with Crippen LogP contribution in [0.15, 0.2) is 17.1 Å². The highest BCUT2D eigenvalue weighted by Crippen LogP contribution is 2.21. The lowest BCUT2D eigenvalue weighted by atomic mass is 10.1. The Kier molecular flexibility index (Phi) is 4.62. The van der Waals surface area contributed by atoms with E-state index in [2.05, 4.69) is 10.00 Å². The average molecular weight is 295 g/mol. The highest BCUT2D eigenvalue weighted by molar-refractivity contribution is 5.66. The molecule has 1 aliphatic heterocycles. The van der Waals surface area contributed by atoms with E-state index in [9.17, 15) is 9.59 Å². The number of carboxylic acids is 1. The van der Waals surface area contributed by atoms with Crippen molar-refractivity contribution >= 4 is 11.7 Å². The molecule has 1 N–H and O–H groups in total. The van der Waals surface area contributed by atoms with Crippen LogP contribution in [0.25, 0.3) is 0 Å². The van der Waals surface area contributed by atoms with E-state index in [1.165, 1.54) is 4.68 Å². The lowest BCUT2D eigenvalue weighted by Gasteiger charge is -2.39. The zero-order chi connectivity index (χ0) is 15.5. The number of aliphatic carboxylic acids is 1. The van der Waals surface area contributed by atoms with Gasteiger partial charge in [0.05, 0.1) is 24.1 Å². The summed E-state index contributed by atoms with van der Waals surface area (Å²) >= 11 is 0. The van der Waals surface area contributed by atoms with E-state index in [0.29, 0.717) is 26.1 Å². The zero-order valence-corrected chi connectivity index (χ0v) is 12.4. The van der Waals surface area contributed by atoms with Crippen LogP contribution >= 0.6 is 0 Å². The van der Waals surface area contributed by atoms with Gasteiger partial charge in [0.25, 0.3) is 5.56 Å². The fourth-order valence-electron chi connectivity index (χ4n) is 2.38. The third-order valence-electron chi connectivity index (χ3n) is 3.41. The molecule has 0 bridgehead atoms. The van der Waals surface area contributed by atoms with E-state index in [0.717, 1.165) is 12.2 Å². The third kappa shape index (κ3) is 4.29. The number of hydrogen-bond donors (Lipinski definition) is 1. The molecule has 0 aliphatic carbocycles. The molecular weight excluding hydrogens is 274 g/mol. The number of carbonyl (C=O) groups is 1. The first kappa shape index (κ1) is 15.5. The molecule has 0 radical (unpaired) electrons. The number of aryl methyl sites for hydroxylation is 1. The summed E-state index contributed by atoms with van der Waals surface area (Å²) in [6.07, 6.45) is 2.09. The molecule has 1 fully saturated rings. The molecule has 1 aliphatic rings. The van der Waals surface area contributed by atoms with Gasteiger partial charge in [-0.1, -0.05) is 0 Å². The Morgan fingerprint density at radius 2 is 2.29 bits per heavy atom. The Bertz CT molecular complexity index is 568. The van der Waals surface area contributed by atoms with Gasteiger partial charge in [0.1, 0.15) is 0 Å². The van der Waals surface area contributed by atoms with Crippen LogP contribution in [0, 0.1) is 0 Å². The van der Waals surface area contributed by atoms with Crippen molar-refractivity contribution in [1.29, 1.82) is 0 Å². The van der Waals surface area contributed by atoms with E-state index >= 15 is 0 Å². The minimum absolute atomic E-state index is 0.0352. The van der Waals surface area contributed by atoms with Gasteiger partial charge in [-0.05, 0) is 20.3 Å². The van der Waals surface area contributed by atoms with Crippen molar-refractivity contribution in [3.8, 4) is 0 Å². The molecule has 0 amide bonds. The van der Waals surface area contributed by atoms with Crippen LogP contribution in [0.4, 0.5) is 5.69 Å². The third-order valence-corrected chi connectivity index (χ3v) is 3.41. The maximum Gasteiger partial charge on any atom is 0.303 e. The molecule has 0 atom stereocenters. The van der Waals surface area contributed by atoms with Gasteiger partial charge >= 0.3 is 5.97 Å². The number of aromatic nitrogens is 2. The molecule has 2 heterocycles. The summed E-state index contributed by atoms with van der Waals surface area (Å²) in [6.45, 7) is 6.40. The van der Waals surface area contributed by atoms with Crippen molar-refractivity contribution in [2.24, 2.45) is 0 Å². The molecule has 1 aromatic rings. The monoisotopic (exact) mass is 295 g/mol. The van der Waals surface area contributed by atoms with Crippen molar-refractivity contribution in [3.05, 3.63) is 22.6 Å². The summed E-state index contributed by atoms with van der Waals surface area (Å²) in [6, 6.07) is 1.55. The van der Waals surface area contributed by atoms with Crippen LogP contribution in [-0.2, 0) is 16.1 Å². The topological polar surface area (TPSA) is 84.7 Å². The van der Waals surface area contributed by atoms with Crippen LogP contribution < -0.4 is 10.5 Å². The highest BCUT2D eigenvalue weighted by Gasteiger charge is 2.27. The minimum Gasteiger partial charge on any atom is -0.481 e. The van der Waals surface area contributed by atoms with Crippen LogP contribution in [0.1, 0.15) is 26.7 Å². The number of carboxylic acid groups (broad SMARTS) is 1. The quantitative estimate of drug-likeness (QED) is 0.861. The average Bonchev–Trinajstić information content (AvgIpc) is 2.39. The lowest BCUT2D eigenvalue weighted by Crippen LogP contribution is -2.48. The van der Waals surface area contributed by atoms with E-state index < -0.39 is 5.97 Å². The van der Waals surface area contributed by atoms with Crippen LogP contribution in [0.2, 0.25) is 0 Å². The summed E-state index contributed by atoms with van der Waals surface area (Å²) in [7, 11) is 0. The number of morpholine rings is 1. The van der Waals surface area contributed by atoms with E-state index in [4.69, 9.17) is 9.84 Å². The van der Waals surface area contributed by atoms with E-state index in [-0.39, 0.29) is 17.6 Å². The van der Waals surface area contributed by atoms with Crippen molar-refractivity contribution < 1.29 is 14.6 Å². The van der Waals surface area contributed by atoms with Gasteiger partial charge in [0.15, 0.2) is 0 Å². The molecule has 0 unspecified atom stereocenters. The molecular formula is C14H21N3O4. The normalized spacial score (nSPS) is 17.7. The van der Waals surface area contributed by atoms with Crippen LogP contribution in [-0.4, -0.2) is 46.2 Å². The van der Waals surface area contributed by atoms with Crippen molar-refractivity contribution in [2.45, 2.75) is 38.8 Å². The molecule has 0 spiro atoms. The number of hydrogen-bond acceptors (Lipinski definition) is 5. The molecule has 116 valence electrons. The van der Waals surface area contributed by atoms with Crippen molar-refractivity contribution in [1.82, 2.24) is 9.78 Å². The maximum atomic E-state index is 12.0. The Labute approximate surface area is 123 Å². The molecule has 0 aromatic carbocycles. The Hall–Kier alpha value is -1.89. The second-order valence-electron chi connectivity index (χ2n) is 5.80. The first-order valence-electron chi connectivity index (χ1n) is 7.05. The van der Waals surface area contributed by atoms with E-state index in [1.54, 1.807) is 12.3 Å². The maximum absolute atomic E-state index is 12.0. The predicted molar refractivity (Wildman–Crippen MR) is 77.6 cm³/mol. The number of rotatable bonds is 5. The zero-order valence-electron chi connectivity index (χ0n) is 12.4. The fraction of sp³-hybridized carbons (Fsp3) is 0.643. The van der Waals surface area contributed by atoms with Gasteiger partial charge in [-0.2, -0.15) is 5.10 Å². The van der Waals surface area contributed by atoms with Gasteiger partial charge < -0.3 is 14.7 Å². The Morgan fingerprint density at radius 3 is 2.90 bits per heavy atom. The van der Waals surface area contributed by atoms with Crippen LogP contribution in [0.5, 0.6) is 0 Å². The minimum atomic E-state index is -0.866. The summed E-state index contributed by atoms with van der Waals surface area (Å²) in [5.74, 6) is -0.866. The second-order valence-corrected chi connectivity index (χ2v) is 5.80. The summed E-state index contributed by atoms with van der Waals surface area (Å²) in [4.78, 5) is 24.6. The van der Waals surface area contributed by atoms with Crippen molar-refractivity contribution in [2.75, 3.05) is 24.6 Å². The molecule has 0 saturated carbocycles. The standard InChI is InChI=1S/C14H21N3O4/c1-14(2)10-16(6-7-21-14)11-8-12(18)17(15-9-11)5-3-4-13(19)20/h8-9H,3-7,10H2,1-2H3,(H,19,20). The van der Waals surface area contributed by atoms with Gasteiger partial charge in [0.2, 0.25) is 0 Å². The van der Waals surface area contributed by atoms with Crippen molar-refractivity contribution in [3.63, 3.8) is 0 Å². The Morgan fingerprint density at radius 1 is 1.52 bits per heavy atom. The van der Waals surface area contributed by atoms with Gasteiger partial charge in [-0.3, -0.25) is 9.59 Å². The summed E-state index contributed by atoms with van der Waals surface area (Å²) < 4.78 is 6.95. The van der Waals surface area contributed by atoms with E-state index in [1.807, 2.05) is 13.8 Å². The SMILES string of the molecule is CC1(C)CN(c2cnn(CCCC(=O)O)c(=O)c2)CCO1. The molecule has 1 saturated heterocycles. The smallest absolute Gasteiger partial charge is 0.303 e. The number of anilines is 1. The lowest BCUT2D eigenvalue weighted by molar-refractivity contribution is -0.137. The summed E-state index contributed by atoms with van der Waals surface area (Å²) in [5.41, 5.74) is 0.335. The first-order valence-corrected chi connectivity index (χ1v) is 7.05. The first-order chi connectivity index (χ1) is 9.87. The summed E-state index contributed by atoms with van der Waals surface area (Å²) in [5, 5.41) is 12.7. The Balaban J connectivity index is 2.05. The number of ether oxygens (including phenoxy) is 1. The molecule has 21 heavy (non-hydrogen) atoms. The second kappa shape index (κ2) is 6.26. The molecule has 1 aromatic heterocycles.